The van der Waals surface area contributed by atoms with Crippen LogP contribution < -0.4 is 16.0 Å². The van der Waals surface area contributed by atoms with Crippen LogP contribution in [0.25, 0.3) is 0 Å². The number of benzene rings is 1. The molecule has 4 amide bonds. The highest BCUT2D eigenvalue weighted by Crippen LogP contribution is 2.35. The van der Waals surface area contributed by atoms with Crippen molar-refractivity contribution in [1.29, 1.82) is 0 Å². The number of ether oxygens (including phenoxy) is 1. The Balaban J connectivity index is 1.77. The van der Waals surface area contributed by atoms with E-state index in [1.165, 1.54) is 4.90 Å². The Bertz CT molecular complexity index is 1010. The molecule has 0 aromatic heterocycles. The number of piperidine rings is 1. The van der Waals surface area contributed by atoms with Crippen LogP contribution in [0.1, 0.15) is 65.9 Å². The number of nitrogens with one attached hydrogen (secondary N) is 3. The Morgan fingerprint density at radius 3 is 2.50 bits per heavy atom. The van der Waals surface area contributed by atoms with Gasteiger partial charge in [-0.1, -0.05) is 44.2 Å². The lowest BCUT2D eigenvalue weighted by Gasteiger charge is -2.43. The molecular formula is C28H42N4O6. The SMILES string of the molecule is CC1(C)CCN(C(=O)OC(C)(C)C)[C@H](C(=O)NC(C[C@@H]2CCNC2=O)C(O)C(=O)NCc2ccccc2)C1. The fourth-order valence-electron chi connectivity index (χ4n) is 4.88. The number of rotatable bonds is 8. The van der Waals surface area contributed by atoms with E-state index >= 15 is 0 Å². The Labute approximate surface area is 224 Å². The Morgan fingerprint density at radius 1 is 1.21 bits per heavy atom. The van der Waals surface area contributed by atoms with Crippen molar-refractivity contribution in [2.75, 3.05) is 13.1 Å². The van der Waals surface area contributed by atoms with Crippen molar-refractivity contribution in [2.24, 2.45) is 11.3 Å². The standard InChI is InChI=1S/C28H42N4O6/c1-27(2,3)38-26(37)32-14-12-28(4,5)16-21(32)24(35)31-20(15-19-11-13-29-23(19)34)22(33)25(36)30-17-18-9-7-6-8-10-18/h6-10,19-22,33H,11-17H2,1-5H3,(H,29,34)(H,30,36)(H,31,35)/t19-,20?,21-,22?/m0/s1. The molecule has 210 valence electrons. The van der Waals surface area contributed by atoms with Gasteiger partial charge in [-0.2, -0.15) is 0 Å². The van der Waals surface area contributed by atoms with Gasteiger partial charge in [0.25, 0.3) is 5.91 Å². The Kier molecular flexibility index (Phi) is 9.40. The number of hydrogen-bond acceptors (Lipinski definition) is 6. The van der Waals surface area contributed by atoms with E-state index in [2.05, 4.69) is 16.0 Å². The zero-order valence-corrected chi connectivity index (χ0v) is 23.1. The van der Waals surface area contributed by atoms with E-state index in [0.29, 0.717) is 32.4 Å². The quantitative estimate of drug-likeness (QED) is 0.406. The smallest absolute Gasteiger partial charge is 0.410 e. The monoisotopic (exact) mass is 530 g/mol. The zero-order chi connectivity index (χ0) is 28.1. The van der Waals surface area contributed by atoms with E-state index in [-0.39, 0.29) is 24.3 Å². The predicted molar refractivity (Wildman–Crippen MR) is 142 cm³/mol. The first kappa shape index (κ1) is 29.4. The van der Waals surface area contributed by atoms with Crippen LogP contribution in [0.4, 0.5) is 4.79 Å². The molecule has 38 heavy (non-hydrogen) atoms. The van der Waals surface area contributed by atoms with Gasteiger partial charge in [-0.25, -0.2) is 4.79 Å². The third-order valence-corrected chi connectivity index (χ3v) is 7.07. The average molecular weight is 531 g/mol. The number of aliphatic hydroxyl groups excluding tert-OH is 1. The second-order valence-electron chi connectivity index (χ2n) is 12.1. The fraction of sp³-hybridized carbons (Fsp3) is 0.643. The van der Waals surface area contributed by atoms with Crippen LogP contribution in [0.5, 0.6) is 0 Å². The first-order valence-electron chi connectivity index (χ1n) is 13.3. The van der Waals surface area contributed by atoms with E-state index in [0.717, 1.165) is 5.56 Å². The second-order valence-corrected chi connectivity index (χ2v) is 12.1. The van der Waals surface area contributed by atoms with Gasteiger partial charge < -0.3 is 25.8 Å². The van der Waals surface area contributed by atoms with Gasteiger partial charge in [0.2, 0.25) is 11.8 Å². The van der Waals surface area contributed by atoms with Crippen molar-refractivity contribution < 1.29 is 29.0 Å². The number of nitrogens with zero attached hydrogens (tertiary/aromatic N) is 1. The molecule has 0 spiro atoms. The molecule has 4 N–H and O–H groups in total. The van der Waals surface area contributed by atoms with Crippen molar-refractivity contribution in [2.45, 2.75) is 90.6 Å². The lowest BCUT2D eigenvalue weighted by Crippen LogP contribution is -2.60. The summed E-state index contributed by atoms with van der Waals surface area (Å²) in [6, 6.07) is 7.41. The third-order valence-electron chi connectivity index (χ3n) is 7.07. The van der Waals surface area contributed by atoms with Gasteiger partial charge in [0.05, 0.1) is 6.04 Å². The maximum Gasteiger partial charge on any atom is 0.410 e. The summed E-state index contributed by atoms with van der Waals surface area (Å²) in [4.78, 5) is 53.2. The van der Waals surface area contributed by atoms with Crippen LogP contribution in [-0.4, -0.2) is 70.7 Å². The molecule has 2 heterocycles. The Morgan fingerprint density at radius 2 is 1.89 bits per heavy atom. The molecular weight excluding hydrogens is 488 g/mol. The minimum atomic E-state index is -1.58. The van der Waals surface area contributed by atoms with Crippen molar-refractivity contribution in [3.05, 3.63) is 35.9 Å². The second kappa shape index (κ2) is 12.1. The molecule has 4 atom stereocenters. The van der Waals surface area contributed by atoms with Crippen LogP contribution >= 0.6 is 0 Å². The van der Waals surface area contributed by atoms with Crippen molar-refractivity contribution in [3.8, 4) is 0 Å². The van der Waals surface area contributed by atoms with Gasteiger partial charge in [0, 0.05) is 25.6 Å². The molecule has 10 heteroatoms. The van der Waals surface area contributed by atoms with Crippen LogP contribution in [-0.2, 0) is 25.7 Å². The molecule has 2 aliphatic rings. The maximum atomic E-state index is 13.6. The molecule has 0 saturated carbocycles. The van der Waals surface area contributed by atoms with Gasteiger partial charge in [0.15, 0.2) is 6.10 Å². The molecule has 1 aromatic rings. The minimum absolute atomic E-state index is 0.0973. The molecule has 0 bridgehead atoms. The van der Waals surface area contributed by atoms with E-state index in [4.69, 9.17) is 4.74 Å². The number of carbonyl (C=O) groups is 4. The van der Waals surface area contributed by atoms with Gasteiger partial charge >= 0.3 is 6.09 Å². The molecule has 1 aromatic carbocycles. The molecule has 3 rings (SSSR count). The summed E-state index contributed by atoms with van der Waals surface area (Å²) in [6.45, 7) is 10.4. The topological polar surface area (TPSA) is 137 Å². The van der Waals surface area contributed by atoms with E-state index < -0.39 is 47.6 Å². The van der Waals surface area contributed by atoms with E-state index in [9.17, 15) is 24.3 Å². The highest BCUT2D eigenvalue weighted by Gasteiger charge is 2.43. The van der Waals surface area contributed by atoms with Crippen LogP contribution in [0.3, 0.4) is 0 Å². The molecule has 0 aliphatic carbocycles. The summed E-state index contributed by atoms with van der Waals surface area (Å²) < 4.78 is 5.55. The normalized spacial score (nSPS) is 22.7. The molecule has 10 nitrogen and oxygen atoms in total. The lowest BCUT2D eigenvalue weighted by molar-refractivity contribution is -0.136. The largest absolute Gasteiger partial charge is 0.444 e. The van der Waals surface area contributed by atoms with Crippen LogP contribution in [0, 0.1) is 11.3 Å². The molecule has 2 saturated heterocycles. The lowest BCUT2D eigenvalue weighted by atomic mass is 9.78. The molecule has 2 fully saturated rings. The summed E-state index contributed by atoms with van der Waals surface area (Å²) in [5, 5.41) is 19.3. The molecule has 2 aliphatic heterocycles. The van der Waals surface area contributed by atoms with E-state index in [1.54, 1.807) is 20.8 Å². The van der Waals surface area contributed by atoms with Gasteiger partial charge in [-0.15, -0.1) is 0 Å². The Hall–Kier alpha value is -3.14. The van der Waals surface area contributed by atoms with Gasteiger partial charge in [-0.3, -0.25) is 19.3 Å². The van der Waals surface area contributed by atoms with Gasteiger partial charge in [0.1, 0.15) is 11.6 Å². The number of amides is 4. The van der Waals surface area contributed by atoms with Crippen LogP contribution in [0.15, 0.2) is 30.3 Å². The fourth-order valence-corrected chi connectivity index (χ4v) is 4.88. The number of hydrogen-bond donors (Lipinski definition) is 4. The number of carbonyl (C=O) groups excluding carboxylic acids is 4. The van der Waals surface area contributed by atoms with Crippen LogP contribution in [0.2, 0.25) is 0 Å². The van der Waals surface area contributed by atoms with Crippen molar-refractivity contribution >= 4 is 23.8 Å². The van der Waals surface area contributed by atoms with Gasteiger partial charge in [-0.05, 0) is 57.4 Å². The minimum Gasteiger partial charge on any atom is -0.444 e. The first-order chi connectivity index (χ1) is 17.8. The summed E-state index contributed by atoms with van der Waals surface area (Å²) >= 11 is 0. The number of likely N-dealkylation sites (tertiary alicyclic amines) is 1. The first-order valence-corrected chi connectivity index (χ1v) is 13.3. The van der Waals surface area contributed by atoms with Crippen molar-refractivity contribution in [1.82, 2.24) is 20.9 Å². The highest BCUT2D eigenvalue weighted by molar-refractivity contribution is 5.88. The third kappa shape index (κ3) is 8.18. The molecule has 2 unspecified atom stereocenters. The summed E-state index contributed by atoms with van der Waals surface area (Å²) in [7, 11) is 0. The van der Waals surface area contributed by atoms with Crippen molar-refractivity contribution in [3.63, 3.8) is 0 Å². The predicted octanol–water partition coefficient (Wildman–Crippen LogP) is 2.10. The van der Waals surface area contributed by atoms with E-state index in [1.807, 2.05) is 44.2 Å². The zero-order valence-electron chi connectivity index (χ0n) is 23.1. The maximum absolute atomic E-state index is 13.6. The summed E-state index contributed by atoms with van der Waals surface area (Å²) in [5.41, 5.74) is -0.0648. The summed E-state index contributed by atoms with van der Waals surface area (Å²) in [5.74, 6) is -1.75. The average Bonchev–Trinajstić information content (AvgIpc) is 3.24. The molecule has 0 radical (unpaired) electrons. The highest BCUT2D eigenvalue weighted by atomic mass is 16.6. The summed E-state index contributed by atoms with van der Waals surface area (Å²) in [6.07, 6.45) is -0.426. The number of aliphatic hydroxyl groups is 1.